The second kappa shape index (κ2) is 9.83. The molecule has 1 aromatic heterocycles. The van der Waals surface area contributed by atoms with Crippen LogP contribution in [0.15, 0.2) is 12.1 Å². The third kappa shape index (κ3) is 6.22. The number of fused-ring (bicyclic) bond motifs is 1. The van der Waals surface area contributed by atoms with Gasteiger partial charge in [-0.1, -0.05) is 19.9 Å². The van der Waals surface area contributed by atoms with E-state index in [2.05, 4.69) is 35.5 Å². The van der Waals surface area contributed by atoms with Crippen LogP contribution in [0.1, 0.15) is 38.7 Å². The van der Waals surface area contributed by atoms with Crippen LogP contribution >= 0.6 is 0 Å². The molecule has 1 amide bonds. The van der Waals surface area contributed by atoms with Gasteiger partial charge in [-0.05, 0) is 42.7 Å². The van der Waals surface area contributed by atoms with Gasteiger partial charge in [0.1, 0.15) is 5.82 Å². The number of rotatable bonds is 7. The largest absolute Gasteiger partial charge is 0.482 e. The molecular weight excluding hydrogens is 382 g/mol. The van der Waals surface area contributed by atoms with E-state index >= 15 is 0 Å². The molecule has 159 valence electrons. The standard InChI is InChI=1S/C20H29B2N4O4/c1-20(2)7-9-26(12-14(10-20)18(27)24-11-15(21)19(28)29)30-22-16-6-5-13-4-3-8-23-17(13)25-16/h5-6,14-15H,3-4,7-12H2,1-2H3,(H,23,25)(H,24,27)(H,28,29). The van der Waals surface area contributed by atoms with Crippen LogP contribution in [0, 0.1) is 11.3 Å². The number of aryl methyl sites for hydroxylation is 1. The number of carboxylic acids is 1. The van der Waals surface area contributed by atoms with Crippen LogP contribution in [-0.4, -0.2) is 68.5 Å². The topological polar surface area (TPSA) is 104 Å². The molecule has 2 aliphatic heterocycles. The molecule has 2 atom stereocenters. The Morgan fingerprint density at radius 3 is 3.07 bits per heavy atom. The molecule has 1 fully saturated rings. The number of hydroxylamine groups is 2. The van der Waals surface area contributed by atoms with Crippen LogP contribution in [0.2, 0.25) is 5.82 Å². The van der Waals surface area contributed by atoms with Crippen LogP contribution in [-0.2, 0) is 20.8 Å². The number of amides is 1. The molecule has 0 aromatic carbocycles. The summed E-state index contributed by atoms with van der Waals surface area (Å²) in [5, 5.41) is 16.7. The van der Waals surface area contributed by atoms with Crippen molar-refractivity contribution >= 4 is 38.6 Å². The highest BCUT2D eigenvalue weighted by molar-refractivity contribution is 6.45. The minimum Gasteiger partial charge on any atom is -0.482 e. The number of hydrogen-bond acceptors (Lipinski definition) is 6. The molecule has 2 aliphatic rings. The number of hydrogen-bond donors (Lipinski definition) is 3. The van der Waals surface area contributed by atoms with E-state index in [4.69, 9.17) is 17.7 Å². The lowest BCUT2D eigenvalue weighted by Gasteiger charge is -2.25. The molecule has 30 heavy (non-hydrogen) atoms. The van der Waals surface area contributed by atoms with Crippen molar-refractivity contribution in [3.05, 3.63) is 17.7 Å². The molecular formula is C20H29B2N4O4. The Balaban J connectivity index is 1.59. The Kier molecular flexibility index (Phi) is 7.41. The zero-order valence-electron chi connectivity index (χ0n) is 17.7. The van der Waals surface area contributed by atoms with Crippen LogP contribution in [0.5, 0.6) is 0 Å². The van der Waals surface area contributed by atoms with E-state index in [0.717, 1.165) is 37.2 Å². The van der Waals surface area contributed by atoms with Gasteiger partial charge in [0.05, 0.1) is 13.8 Å². The molecule has 3 rings (SSSR count). The van der Waals surface area contributed by atoms with Gasteiger partial charge in [0, 0.05) is 37.6 Å². The summed E-state index contributed by atoms with van der Waals surface area (Å²) in [5.74, 6) is -1.87. The van der Waals surface area contributed by atoms with Crippen molar-refractivity contribution in [2.24, 2.45) is 11.3 Å². The maximum atomic E-state index is 12.7. The third-order valence-corrected chi connectivity index (χ3v) is 5.68. The molecule has 1 aromatic rings. The second-order valence-electron chi connectivity index (χ2n) is 8.89. The number of nitrogens with zero attached hydrogens (tertiary/aromatic N) is 2. The average molecular weight is 411 g/mol. The fourth-order valence-corrected chi connectivity index (χ4v) is 3.85. The number of carbonyl (C=O) groups excluding carboxylic acids is 1. The summed E-state index contributed by atoms with van der Waals surface area (Å²) in [6.45, 7) is 6.18. The second-order valence-corrected chi connectivity index (χ2v) is 8.89. The molecule has 2 unspecified atom stereocenters. The summed E-state index contributed by atoms with van der Waals surface area (Å²) in [7, 11) is 7.12. The molecule has 10 heteroatoms. The predicted octanol–water partition coefficient (Wildman–Crippen LogP) is 0.512. The molecule has 0 saturated carbocycles. The molecule has 3 heterocycles. The first-order chi connectivity index (χ1) is 14.2. The molecule has 3 N–H and O–H groups in total. The van der Waals surface area contributed by atoms with Gasteiger partial charge in [0.25, 0.3) is 5.97 Å². The first-order valence-corrected chi connectivity index (χ1v) is 10.5. The summed E-state index contributed by atoms with van der Waals surface area (Å²) in [4.78, 5) is 28.2. The van der Waals surface area contributed by atoms with Crippen molar-refractivity contribution < 1.29 is 19.5 Å². The summed E-state index contributed by atoms with van der Waals surface area (Å²) >= 11 is 0. The molecule has 0 aliphatic carbocycles. The lowest BCUT2D eigenvalue weighted by Crippen LogP contribution is -2.41. The van der Waals surface area contributed by atoms with Crippen molar-refractivity contribution in [3.63, 3.8) is 0 Å². The molecule has 0 bridgehead atoms. The first-order valence-electron chi connectivity index (χ1n) is 10.5. The van der Waals surface area contributed by atoms with Gasteiger partial charge in [0.15, 0.2) is 0 Å². The highest BCUT2D eigenvalue weighted by Crippen LogP contribution is 2.33. The Bertz CT molecular complexity index is 777. The Labute approximate surface area is 179 Å². The van der Waals surface area contributed by atoms with Crippen LogP contribution < -0.4 is 16.2 Å². The van der Waals surface area contributed by atoms with Crippen molar-refractivity contribution in [3.8, 4) is 0 Å². The van der Waals surface area contributed by atoms with E-state index in [9.17, 15) is 9.59 Å². The molecule has 0 spiro atoms. The number of carbonyl (C=O) groups is 2. The monoisotopic (exact) mass is 411 g/mol. The van der Waals surface area contributed by atoms with E-state index in [1.54, 1.807) is 12.5 Å². The highest BCUT2D eigenvalue weighted by atomic mass is 16.6. The van der Waals surface area contributed by atoms with Crippen LogP contribution in [0.25, 0.3) is 0 Å². The van der Waals surface area contributed by atoms with E-state index in [1.807, 2.05) is 6.07 Å². The maximum absolute atomic E-state index is 12.7. The number of nitrogens with one attached hydrogen (secondary N) is 2. The van der Waals surface area contributed by atoms with Crippen molar-refractivity contribution in [2.45, 2.75) is 45.3 Å². The number of carboxylic acid groups (broad SMARTS) is 1. The summed E-state index contributed by atoms with van der Waals surface area (Å²) in [6.07, 6.45) is 3.69. The normalized spacial score (nSPS) is 22.1. The average Bonchev–Trinajstić information content (AvgIpc) is 2.87. The SMILES string of the molecule is [B]C(CNC(=O)C1CN(O[B]c2ccc3c(n2)NCCC3)CCC(C)(C)C1)C(=O)O. The molecule has 8 nitrogen and oxygen atoms in total. The summed E-state index contributed by atoms with van der Waals surface area (Å²) in [5.41, 5.74) is 1.90. The smallest absolute Gasteiger partial charge is 0.382 e. The van der Waals surface area contributed by atoms with Crippen LogP contribution in [0.4, 0.5) is 5.82 Å². The zero-order chi connectivity index (χ0) is 21.7. The summed E-state index contributed by atoms with van der Waals surface area (Å²) in [6, 6.07) is 4.00. The van der Waals surface area contributed by atoms with Gasteiger partial charge >= 0.3 is 7.48 Å². The van der Waals surface area contributed by atoms with Crippen LogP contribution in [0.3, 0.4) is 0 Å². The van der Waals surface area contributed by atoms with E-state index < -0.39 is 11.8 Å². The Morgan fingerprint density at radius 1 is 1.50 bits per heavy atom. The quantitative estimate of drug-likeness (QED) is 0.562. The lowest BCUT2D eigenvalue weighted by atomic mass is 9.81. The van der Waals surface area contributed by atoms with Gasteiger partial charge in [-0.3, -0.25) is 9.59 Å². The van der Waals surface area contributed by atoms with Gasteiger partial charge in [-0.25, -0.2) is 10.0 Å². The zero-order valence-corrected chi connectivity index (χ0v) is 17.7. The maximum Gasteiger partial charge on any atom is 0.382 e. The number of pyridine rings is 1. The molecule has 1 saturated heterocycles. The predicted molar refractivity (Wildman–Crippen MR) is 116 cm³/mol. The minimum absolute atomic E-state index is 0.0387. The molecule has 3 radical (unpaired) electrons. The Morgan fingerprint density at radius 2 is 2.30 bits per heavy atom. The van der Waals surface area contributed by atoms with Gasteiger partial charge in [0.2, 0.25) is 5.91 Å². The van der Waals surface area contributed by atoms with Gasteiger partial charge < -0.3 is 20.5 Å². The van der Waals surface area contributed by atoms with E-state index in [0.29, 0.717) is 19.5 Å². The van der Waals surface area contributed by atoms with Crippen molar-refractivity contribution in [1.82, 2.24) is 15.4 Å². The number of aromatic nitrogens is 1. The minimum atomic E-state index is -1.14. The van der Waals surface area contributed by atoms with E-state index in [1.165, 1.54) is 5.56 Å². The van der Waals surface area contributed by atoms with Gasteiger partial charge in [-0.15, -0.1) is 0 Å². The first kappa shape index (κ1) is 22.6. The number of anilines is 1. The fourth-order valence-electron chi connectivity index (χ4n) is 3.85. The fraction of sp³-hybridized carbons (Fsp3) is 0.650. The lowest BCUT2D eigenvalue weighted by molar-refractivity contribution is -0.137. The number of aliphatic carboxylic acids is 1. The van der Waals surface area contributed by atoms with Gasteiger partial charge in [-0.2, -0.15) is 0 Å². The third-order valence-electron chi connectivity index (χ3n) is 5.68. The summed E-state index contributed by atoms with van der Waals surface area (Å²) < 4.78 is 5.90. The van der Waals surface area contributed by atoms with E-state index in [-0.39, 0.29) is 23.8 Å². The highest BCUT2D eigenvalue weighted by Gasteiger charge is 2.34. The Hall–Kier alpha value is -2.06. The van der Waals surface area contributed by atoms with Crippen molar-refractivity contribution in [1.29, 1.82) is 0 Å². The van der Waals surface area contributed by atoms with Crippen molar-refractivity contribution in [2.75, 3.05) is 31.5 Å².